The van der Waals surface area contributed by atoms with Crippen LogP contribution in [0.25, 0.3) is 0 Å². The van der Waals surface area contributed by atoms with Crippen LogP contribution in [0.15, 0.2) is 16.5 Å². The molecule has 2 N–H and O–H groups in total. The fourth-order valence-electron chi connectivity index (χ4n) is 1.21. The van der Waals surface area contributed by atoms with Gasteiger partial charge in [-0.25, -0.2) is 0 Å². The van der Waals surface area contributed by atoms with Crippen LogP contribution in [0.1, 0.15) is 25.4 Å². The summed E-state index contributed by atoms with van der Waals surface area (Å²) in [5.41, 5.74) is 0. The van der Waals surface area contributed by atoms with Gasteiger partial charge in [0.15, 0.2) is 0 Å². The van der Waals surface area contributed by atoms with E-state index >= 15 is 0 Å². The van der Waals surface area contributed by atoms with E-state index in [1.807, 2.05) is 19.1 Å². The standard InChI is InChI=1S/C11H19NO2/c1-3-10-4-5-11(14-10)7-12-6-9(2)8-13/h4-5,9,12-13H,3,6-8H2,1-2H3. The third-order valence-electron chi connectivity index (χ3n) is 2.17. The van der Waals surface area contributed by atoms with Gasteiger partial charge in [0.25, 0.3) is 0 Å². The Kier molecular flexibility index (Phi) is 4.70. The van der Waals surface area contributed by atoms with Gasteiger partial charge in [0.05, 0.1) is 6.54 Å². The van der Waals surface area contributed by atoms with Crippen LogP contribution >= 0.6 is 0 Å². The fourth-order valence-corrected chi connectivity index (χ4v) is 1.21. The van der Waals surface area contributed by atoms with Crippen molar-refractivity contribution in [2.24, 2.45) is 5.92 Å². The summed E-state index contributed by atoms with van der Waals surface area (Å²) in [4.78, 5) is 0. The lowest BCUT2D eigenvalue weighted by molar-refractivity contribution is 0.232. The van der Waals surface area contributed by atoms with Gasteiger partial charge < -0.3 is 14.8 Å². The molecule has 0 saturated carbocycles. The summed E-state index contributed by atoms with van der Waals surface area (Å²) in [6, 6.07) is 4.00. The number of aliphatic hydroxyl groups excluding tert-OH is 1. The van der Waals surface area contributed by atoms with Crippen LogP contribution < -0.4 is 5.32 Å². The number of nitrogens with one attached hydrogen (secondary N) is 1. The average molecular weight is 197 g/mol. The number of aliphatic hydroxyl groups is 1. The molecule has 0 bridgehead atoms. The van der Waals surface area contributed by atoms with Crippen LogP contribution in [0.2, 0.25) is 0 Å². The predicted molar refractivity (Wildman–Crippen MR) is 56.0 cm³/mol. The van der Waals surface area contributed by atoms with E-state index in [2.05, 4.69) is 12.2 Å². The van der Waals surface area contributed by atoms with Crippen molar-refractivity contribution in [1.82, 2.24) is 5.32 Å². The van der Waals surface area contributed by atoms with E-state index in [-0.39, 0.29) is 6.61 Å². The van der Waals surface area contributed by atoms with Crippen molar-refractivity contribution in [1.29, 1.82) is 0 Å². The van der Waals surface area contributed by atoms with E-state index < -0.39 is 0 Å². The second-order valence-electron chi connectivity index (χ2n) is 3.64. The van der Waals surface area contributed by atoms with Gasteiger partial charge >= 0.3 is 0 Å². The number of rotatable bonds is 6. The highest BCUT2D eigenvalue weighted by molar-refractivity contribution is 5.06. The highest BCUT2D eigenvalue weighted by atomic mass is 16.3. The number of hydrogen-bond acceptors (Lipinski definition) is 3. The summed E-state index contributed by atoms with van der Waals surface area (Å²) in [5, 5.41) is 12.0. The zero-order valence-corrected chi connectivity index (χ0v) is 8.92. The Bertz CT molecular complexity index is 258. The molecule has 0 aromatic carbocycles. The highest BCUT2D eigenvalue weighted by Gasteiger charge is 2.02. The van der Waals surface area contributed by atoms with Crippen LogP contribution in [-0.4, -0.2) is 18.3 Å². The molecule has 1 atom stereocenters. The second kappa shape index (κ2) is 5.83. The van der Waals surface area contributed by atoms with Gasteiger partial charge in [-0.15, -0.1) is 0 Å². The topological polar surface area (TPSA) is 45.4 Å². The summed E-state index contributed by atoms with van der Waals surface area (Å²) in [6.07, 6.45) is 0.938. The van der Waals surface area contributed by atoms with E-state index in [1.165, 1.54) is 0 Å². The van der Waals surface area contributed by atoms with Gasteiger partial charge in [-0.3, -0.25) is 0 Å². The molecule has 0 fully saturated rings. The Morgan fingerprint density at radius 1 is 1.43 bits per heavy atom. The van der Waals surface area contributed by atoms with Gasteiger partial charge in [0, 0.05) is 19.6 Å². The molecule has 0 amide bonds. The predicted octanol–water partition coefficient (Wildman–Crippen LogP) is 1.56. The lowest BCUT2D eigenvalue weighted by Crippen LogP contribution is -2.22. The third-order valence-corrected chi connectivity index (χ3v) is 2.17. The first-order valence-corrected chi connectivity index (χ1v) is 5.15. The lowest BCUT2D eigenvalue weighted by Gasteiger charge is -2.07. The molecule has 14 heavy (non-hydrogen) atoms. The molecule has 80 valence electrons. The Morgan fingerprint density at radius 3 is 2.71 bits per heavy atom. The van der Waals surface area contributed by atoms with Crippen molar-refractivity contribution in [3.63, 3.8) is 0 Å². The first-order chi connectivity index (χ1) is 6.76. The van der Waals surface area contributed by atoms with E-state index in [0.717, 1.165) is 31.0 Å². The number of furan rings is 1. The minimum Gasteiger partial charge on any atom is -0.465 e. The third kappa shape index (κ3) is 3.52. The summed E-state index contributed by atoms with van der Waals surface area (Å²) >= 11 is 0. The van der Waals surface area contributed by atoms with Crippen molar-refractivity contribution in [3.05, 3.63) is 23.7 Å². The summed E-state index contributed by atoms with van der Waals surface area (Å²) < 4.78 is 5.52. The Hall–Kier alpha value is -0.800. The quantitative estimate of drug-likeness (QED) is 0.727. The molecule has 0 saturated heterocycles. The van der Waals surface area contributed by atoms with E-state index in [4.69, 9.17) is 9.52 Å². The molecule has 3 nitrogen and oxygen atoms in total. The van der Waals surface area contributed by atoms with Gasteiger partial charge in [0.1, 0.15) is 11.5 Å². The normalized spacial score (nSPS) is 13.1. The van der Waals surface area contributed by atoms with Gasteiger partial charge in [-0.05, 0) is 18.1 Å². The van der Waals surface area contributed by atoms with Crippen molar-refractivity contribution >= 4 is 0 Å². The molecule has 0 spiro atoms. The summed E-state index contributed by atoms with van der Waals surface area (Å²) in [5.74, 6) is 2.29. The largest absolute Gasteiger partial charge is 0.465 e. The lowest BCUT2D eigenvalue weighted by atomic mass is 10.2. The SMILES string of the molecule is CCc1ccc(CNCC(C)CO)o1. The van der Waals surface area contributed by atoms with Gasteiger partial charge in [-0.2, -0.15) is 0 Å². The maximum Gasteiger partial charge on any atom is 0.117 e. The maximum atomic E-state index is 8.81. The van der Waals surface area contributed by atoms with E-state index in [9.17, 15) is 0 Å². The molecular formula is C11H19NO2. The molecule has 3 heteroatoms. The Balaban J connectivity index is 2.24. The smallest absolute Gasteiger partial charge is 0.117 e. The second-order valence-corrected chi connectivity index (χ2v) is 3.64. The minimum absolute atomic E-state index is 0.228. The number of hydrogen-bond donors (Lipinski definition) is 2. The number of aryl methyl sites for hydroxylation is 1. The van der Waals surface area contributed by atoms with Crippen LogP contribution in [0.4, 0.5) is 0 Å². The van der Waals surface area contributed by atoms with Gasteiger partial charge in [-0.1, -0.05) is 13.8 Å². The summed E-state index contributed by atoms with van der Waals surface area (Å²) in [7, 11) is 0. The Morgan fingerprint density at radius 2 is 2.14 bits per heavy atom. The molecule has 1 unspecified atom stereocenters. The van der Waals surface area contributed by atoms with Crippen LogP contribution in [0.3, 0.4) is 0 Å². The molecule has 1 aromatic rings. The molecule has 1 rings (SSSR count). The highest BCUT2D eigenvalue weighted by Crippen LogP contribution is 2.07. The first-order valence-electron chi connectivity index (χ1n) is 5.15. The zero-order chi connectivity index (χ0) is 10.4. The van der Waals surface area contributed by atoms with Crippen molar-refractivity contribution < 1.29 is 9.52 Å². The maximum absolute atomic E-state index is 8.81. The van der Waals surface area contributed by atoms with Gasteiger partial charge in [0.2, 0.25) is 0 Å². The van der Waals surface area contributed by atoms with E-state index in [0.29, 0.717) is 5.92 Å². The van der Waals surface area contributed by atoms with Crippen LogP contribution in [-0.2, 0) is 13.0 Å². The van der Waals surface area contributed by atoms with Crippen LogP contribution in [0.5, 0.6) is 0 Å². The molecule has 0 radical (unpaired) electrons. The Labute approximate surface area is 85.1 Å². The summed E-state index contributed by atoms with van der Waals surface area (Å²) in [6.45, 7) is 5.87. The molecule has 1 heterocycles. The fraction of sp³-hybridized carbons (Fsp3) is 0.636. The van der Waals surface area contributed by atoms with Crippen molar-refractivity contribution in [2.75, 3.05) is 13.2 Å². The minimum atomic E-state index is 0.228. The van der Waals surface area contributed by atoms with Crippen molar-refractivity contribution in [2.45, 2.75) is 26.8 Å². The molecule has 0 aliphatic rings. The van der Waals surface area contributed by atoms with E-state index in [1.54, 1.807) is 0 Å². The molecule has 0 aliphatic heterocycles. The molecule has 1 aromatic heterocycles. The molecular weight excluding hydrogens is 178 g/mol. The average Bonchev–Trinajstić information content (AvgIpc) is 2.65. The molecule has 0 aliphatic carbocycles. The van der Waals surface area contributed by atoms with Crippen LogP contribution in [0, 0.1) is 5.92 Å². The zero-order valence-electron chi connectivity index (χ0n) is 8.92. The monoisotopic (exact) mass is 197 g/mol. The first kappa shape index (κ1) is 11.3. The van der Waals surface area contributed by atoms with Crippen molar-refractivity contribution in [3.8, 4) is 0 Å².